The highest BCUT2D eigenvalue weighted by molar-refractivity contribution is 6.70. The third-order valence-corrected chi connectivity index (χ3v) is 5.95. The van der Waals surface area contributed by atoms with Gasteiger partial charge < -0.3 is 0 Å². The van der Waals surface area contributed by atoms with Gasteiger partial charge in [0.2, 0.25) is 0 Å². The van der Waals surface area contributed by atoms with E-state index >= 15 is 4.39 Å². The average molecular weight is 416 g/mol. The van der Waals surface area contributed by atoms with Crippen LogP contribution < -0.4 is 10.9 Å². The largest absolute Gasteiger partial charge is 0.206 e. The van der Waals surface area contributed by atoms with E-state index in [1.54, 1.807) is 12.1 Å². The van der Waals surface area contributed by atoms with E-state index in [2.05, 4.69) is 19.4 Å². The second kappa shape index (κ2) is 7.05. The molecule has 4 heteroatoms. The van der Waals surface area contributed by atoms with E-state index in [4.69, 9.17) is 23.2 Å². The molecule has 0 N–H and O–H groups in total. The van der Waals surface area contributed by atoms with Crippen molar-refractivity contribution in [2.24, 2.45) is 0 Å². The molecule has 1 aliphatic rings. The second-order valence-corrected chi connectivity index (χ2v) is 8.13. The number of fused-ring (bicyclic) bond motifs is 9. The molecule has 0 aromatic heterocycles. The number of hydrogen-bond donors (Lipinski definition) is 0. The SMILES string of the molecule is Cc1c2cc(Cl)cc1-c1cc(Cl)cc(c1F)-c1ccccc1[B]c1ccccc1-2. The zero-order chi connectivity index (χ0) is 20.1. The first kappa shape index (κ1) is 18.5. The van der Waals surface area contributed by atoms with Gasteiger partial charge in [0.15, 0.2) is 7.28 Å². The quantitative estimate of drug-likeness (QED) is 0.256. The van der Waals surface area contributed by atoms with E-state index in [0.29, 0.717) is 21.2 Å². The first-order chi connectivity index (χ1) is 14.0. The Hall–Kier alpha value is -2.55. The van der Waals surface area contributed by atoms with Gasteiger partial charge in [-0.25, -0.2) is 4.39 Å². The van der Waals surface area contributed by atoms with E-state index in [9.17, 15) is 0 Å². The summed E-state index contributed by atoms with van der Waals surface area (Å²) >= 11 is 12.9. The van der Waals surface area contributed by atoms with Crippen molar-refractivity contribution in [2.45, 2.75) is 6.92 Å². The molecule has 1 radical (unpaired) electrons. The van der Waals surface area contributed by atoms with Crippen molar-refractivity contribution in [3.63, 3.8) is 0 Å². The highest BCUT2D eigenvalue weighted by Gasteiger charge is 2.22. The average Bonchev–Trinajstić information content (AvgIpc) is 2.72. The molecule has 1 aliphatic heterocycles. The van der Waals surface area contributed by atoms with Gasteiger partial charge in [-0.15, -0.1) is 0 Å². The van der Waals surface area contributed by atoms with Crippen LogP contribution in [0.3, 0.4) is 0 Å². The lowest BCUT2D eigenvalue weighted by atomic mass is 9.60. The Morgan fingerprint density at radius 3 is 1.62 bits per heavy atom. The molecule has 1 heterocycles. The summed E-state index contributed by atoms with van der Waals surface area (Å²) in [5.41, 5.74) is 7.51. The van der Waals surface area contributed by atoms with E-state index in [1.807, 2.05) is 55.5 Å². The minimum Gasteiger partial charge on any atom is -0.206 e. The third kappa shape index (κ3) is 3.08. The van der Waals surface area contributed by atoms with Crippen LogP contribution in [0.1, 0.15) is 5.56 Å². The van der Waals surface area contributed by atoms with Gasteiger partial charge in [-0.2, -0.15) is 0 Å². The molecule has 4 aromatic carbocycles. The normalized spacial score (nSPS) is 11.7. The molecule has 0 fully saturated rings. The molecular weight excluding hydrogens is 401 g/mol. The van der Waals surface area contributed by atoms with Crippen LogP contribution in [0.5, 0.6) is 0 Å². The van der Waals surface area contributed by atoms with Gasteiger partial charge >= 0.3 is 0 Å². The smallest absolute Gasteiger partial charge is 0.193 e. The van der Waals surface area contributed by atoms with Crippen LogP contribution in [-0.2, 0) is 0 Å². The predicted octanol–water partition coefficient (Wildman–Crippen LogP) is 6.41. The maximum Gasteiger partial charge on any atom is 0.193 e. The Kier molecular flexibility index (Phi) is 4.50. The summed E-state index contributed by atoms with van der Waals surface area (Å²) in [6.45, 7) is 2.00. The van der Waals surface area contributed by atoms with Crippen LogP contribution in [0.25, 0.3) is 33.4 Å². The Bertz CT molecular complexity index is 1180. The molecule has 29 heavy (non-hydrogen) atoms. The highest BCUT2D eigenvalue weighted by atomic mass is 35.5. The molecule has 0 nitrogen and oxygen atoms in total. The van der Waals surface area contributed by atoms with Crippen molar-refractivity contribution in [3.8, 4) is 33.4 Å². The molecule has 0 amide bonds. The van der Waals surface area contributed by atoms with Gasteiger partial charge in [-0.05, 0) is 59.0 Å². The fraction of sp³-hybridized carbons (Fsp3) is 0.0400. The van der Waals surface area contributed by atoms with Gasteiger partial charge in [-0.1, -0.05) is 82.7 Å². The predicted molar refractivity (Wildman–Crippen MR) is 122 cm³/mol. The fourth-order valence-electron chi connectivity index (χ4n) is 4.12. The monoisotopic (exact) mass is 415 g/mol. The zero-order valence-electron chi connectivity index (χ0n) is 15.6. The van der Waals surface area contributed by atoms with Crippen LogP contribution in [0.2, 0.25) is 10.0 Å². The van der Waals surface area contributed by atoms with Crippen LogP contribution in [0, 0.1) is 12.7 Å². The topological polar surface area (TPSA) is 0 Å². The lowest BCUT2D eigenvalue weighted by molar-refractivity contribution is 0.635. The van der Waals surface area contributed by atoms with Crippen molar-refractivity contribution in [3.05, 3.63) is 94.2 Å². The Morgan fingerprint density at radius 1 is 0.621 bits per heavy atom. The molecule has 0 unspecified atom stereocenters. The van der Waals surface area contributed by atoms with Crippen molar-refractivity contribution in [1.82, 2.24) is 0 Å². The van der Waals surface area contributed by atoms with E-state index in [0.717, 1.165) is 38.7 Å². The Labute approximate surface area is 180 Å². The molecule has 0 saturated heterocycles. The molecule has 5 rings (SSSR count). The number of hydrogen-bond acceptors (Lipinski definition) is 0. The van der Waals surface area contributed by atoms with E-state index < -0.39 is 0 Å². The molecule has 0 spiro atoms. The first-order valence-electron chi connectivity index (χ1n) is 9.36. The molecule has 4 bridgehead atoms. The molecule has 139 valence electrons. The van der Waals surface area contributed by atoms with Crippen molar-refractivity contribution in [2.75, 3.05) is 0 Å². The number of rotatable bonds is 0. The third-order valence-electron chi connectivity index (χ3n) is 5.51. The highest BCUT2D eigenvalue weighted by Crippen LogP contribution is 2.39. The minimum atomic E-state index is -0.294. The molecule has 0 atom stereocenters. The summed E-state index contributed by atoms with van der Waals surface area (Å²) in [6.07, 6.45) is 0. The lowest BCUT2D eigenvalue weighted by Crippen LogP contribution is -2.30. The standard InChI is InChI=1S/C25H15BCl2F/c1-14-19-10-15(27)11-20(14)22-13-16(28)12-21(25(22)29)18-7-3-5-9-24(18)26-23-8-4-2-6-17(19)23/h2-13H,1H3. The summed E-state index contributed by atoms with van der Waals surface area (Å²) in [5, 5.41) is 1.05. The maximum absolute atomic E-state index is 15.8. The van der Waals surface area contributed by atoms with Crippen LogP contribution in [-0.4, -0.2) is 7.28 Å². The second-order valence-electron chi connectivity index (χ2n) is 7.26. The number of benzene rings is 4. The molecule has 0 aliphatic carbocycles. The van der Waals surface area contributed by atoms with Gasteiger partial charge in [0.05, 0.1) is 0 Å². The molecular formula is C25H15BCl2F. The number of halogens is 3. The van der Waals surface area contributed by atoms with Crippen molar-refractivity contribution < 1.29 is 4.39 Å². The van der Waals surface area contributed by atoms with Gasteiger partial charge in [0.1, 0.15) is 5.82 Å². The van der Waals surface area contributed by atoms with Gasteiger partial charge in [0.25, 0.3) is 0 Å². The van der Waals surface area contributed by atoms with Gasteiger partial charge in [-0.3, -0.25) is 0 Å². The van der Waals surface area contributed by atoms with E-state index in [1.165, 1.54) is 0 Å². The summed E-state index contributed by atoms with van der Waals surface area (Å²) < 4.78 is 15.8. The first-order valence-corrected chi connectivity index (χ1v) is 10.1. The summed E-state index contributed by atoms with van der Waals surface area (Å²) in [6, 6.07) is 23.1. The summed E-state index contributed by atoms with van der Waals surface area (Å²) in [7, 11) is 2.09. The van der Waals surface area contributed by atoms with Crippen LogP contribution in [0.15, 0.2) is 72.8 Å². The minimum absolute atomic E-state index is 0.294. The fourth-order valence-corrected chi connectivity index (χ4v) is 4.56. The van der Waals surface area contributed by atoms with E-state index in [-0.39, 0.29) is 5.82 Å². The van der Waals surface area contributed by atoms with Crippen molar-refractivity contribution >= 4 is 41.4 Å². The Morgan fingerprint density at radius 2 is 1.03 bits per heavy atom. The molecule has 0 saturated carbocycles. The van der Waals surface area contributed by atoms with Crippen LogP contribution in [0.4, 0.5) is 4.39 Å². The van der Waals surface area contributed by atoms with Crippen LogP contribution >= 0.6 is 23.2 Å². The Balaban J connectivity index is 1.98. The van der Waals surface area contributed by atoms with Crippen molar-refractivity contribution in [1.29, 1.82) is 0 Å². The molecule has 4 aromatic rings. The maximum atomic E-state index is 15.8. The summed E-state index contributed by atoms with van der Waals surface area (Å²) in [4.78, 5) is 0. The summed E-state index contributed by atoms with van der Waals surface area (Å²) in [5.74, 6) is -0.294. The van der Waals surface area contributed by atoms with Gasteiger partial charge in [0, 0.05) is 21.2 Å². The zero-order valence-corrected chi connectivity index (χ0v) is 17.2. The lowest BCUT2D eigenvalue weighted by Gasteiger charge is -2.16.